The van der Waals surface area contributed by atoms with Crippen LogP contribution in [0.4, 0.5) is 0 Å². The SMILES string of the molecule is C[C@]1(c2ccccc2)N=C(c2ccccc2)OC1=O. The average molecular weight is 251 g/mol. The normalized spacial score (nSPS) is 21.9. The summed E-state index contributed by atoms with van der Waals surface area (Å²) in [4.78, 5) is 16.6. The predicted molar refractivity (Wildman–Crippen MR) is 72.9 cm³/mol. The summed E-state index contributed by atoms with van der Waals surface area (Å²) in [6.45, 7) is 1.78. The van der Waals surface area contributed by atoms with Crippen LogP contribution in [-0.4, -0.2) is 11.9 Å². The summed E-state index contributed by atoms with van der Waals surface area (Å²) in [6.07, 6.45) is 0. The lowest BCUT2D eigenvalue weighted by Gasteiger charge is -2.15. The van der Waals surface area contributed by atoms with Crippen molar-refractivity contribution in [2.45, 2.75) is 12.5 Å². The van der Waals surface area contributed by atoms with Crippen molar-refractivity contribution in [1.82, 2.24) is 0 Å². The van der Waals surface area contributed by atoms with Crippen LogP contribution in [0.3, 0.4) is 0 Å². The van der Waals surface area contributed by atoms with Gasteiger partial charge in [0.05, 0.1) is 0 Å². The molecule has 0 radical (unpaired) electrons. The summed E-state index contributed by atoms with van der Waals surface area (Å²) in [5.74, 6) is 0.0505. The van der Waals surface area contributed by atoms with Crippen molar-refractivity contribution in [3.8, 4) is 0 Å². The van der Waals surface area contributed by atoms with E-state index in [1.165, 1.54) is 0 Å². The van der Waals surface area contributed by atoms with Gasteiger partial charge >= 0.3 is 5.97 Å². The molecule has 3 rings (SSSR count). The molecule has 2 aromatic rings. The van der Waals surface area contributed by atoms with Gasteiger partial charge in [-0.3, -0.25) is 0 Å². The van der Waals surface area contributed by atoms with Crippen LogP contribution in [0.15, 0.2) is 65.7 Å². The lowest BCUT2D eigenvalue weighted by Crippen LogP contribution is -2.27. The first-order valence-corrected chi connectivity index (χ1v) is 6.13. The van der Waals surface area contributed by atoms with E-state index in [9.17, 15) is 4.79 Å². The summed E-state index contributed by atoms with van der Waals surface area (Å²) in [5.41, 5.74) is 0.702. The molecule has 3 heteroatoms. The number of hydrogen-bond acceptors (Lipinski definition) is 3. The number of hydrogen-bond donors (Lipinski definition) is 0. The Kier molecular flexibility index (Phi) is 2.67. The first-order valence-electron chi connectivity index (χ1n) is 6.13. The number of benzene rings is 2. The molecule has 1 atom stereocenters. The Morgan fingerprint density at radius 1 is 0.947 bits per heavy atom. The summed E-state index contributed by atoms with van der Waals surface area (Å²) >= 11 is 0. The van der Waals surface area contributed by atoms with Crippen molar-refractivity contribution >= 4 is 11.9 Å². The Bertz CT molecular complexity index is 634. The molecule has 0 unspecified atom stereocenters. The number of carbonyl (C=O) groups excluding carboxylic acids is 1. The van der Waals surface area contributed by atoms with Gasteiger partial charge in [-0.1, -0.05) is 48.5 Å². The lowest BCUT2D eigenvalue weighted by molar-refractivity contribution is -0.138. The largest absolute Gasteiger partial charge is 0.405 e. The molecule has 0 saturated heterocycles. The summed E-state index contributed by atoms with van der Waals surface area (Å²) < 4.78 is 5.33. The molecule has 1 aliphatic rings. The maximum absolute atomic E-state index is 12.1. The van der Waals surface area contributed by atoms with Crippen LogP contribution in [0.1, 0.15) is 18.1 Å². The third kappa shape index (κ3) is 1.93. The topological polar surface area (TPSA) is 38.7 Å². The number of cyclic esters (lactones) is 1. The Morgan fingerprint density at radius 3 is 2.16 bits per heavy atom. The van der Waals surface area contributed by atoms with Crippen LogP contribution in [0, 0.1) is 0 Å². The number of nitrogens with zero attached hydrogens (tertiary/aromatic N) is 1. The Morgan fingerprint density at radius 2 is 1.53 bits per heavy atom. The second-order valence-corrected chi connectivity index (χ2v) is 4.61. The lowest BCUT2D eigenvalue weighted by atomic mass is 9.93. The molecule has 1 heterocycles. The third-order valence-electron chi connectivity index (χ3n) is 3.27. The van der Waals surface area contributed by atoms with E-state index in [1.807, 2.05) is 60.7 Å². The molecule has 0 saturated carbocycles. The second-order valence-electron chi connectivity index (χ2n) is 4.61. The van der Waals surface area contributed by atoms with Gasteiger partial charge in [-0.15, -0.1) is 0 Å². The van der Waals surface area contributed by atoms with Crippen LogP contribution in [-0.2, 0) is 15.1 Å². The fraction of sp³-hybridized carbons (Fsp3) is 0.125. The molecule has 0 amide bonds. The standard InChI is InChI=1S/C16H13NO2/c1-16(13-10-6-3-7-11-13)15(18)19-14(17-16)12-8-4-2-5-9-12/h2-11H,1H3/t16-/m1/s1. The molecular weight excluding hydrogens is 238 g/mol. The Hall–Kier alpha value is -2.42. The van der Waals surface area contributed by atoms with E-state index in [1.54, 1.807) is 6.92 Å². The number of aliphatic imine (C=N–C) groups is 1. The summed E-state index contributed by atoms with van der Waals surface area (Å²) in [5, 5.41) is 0. The van der Waals surface area contributed by atoms with Gasteiger partial charge in [0.15, 0.2) is 5.54 Å². The van der Waals surface area contributed by atoms with Crippen LogP contribution in [0.2, 0.25) is 0 Å². The fourth-order valence-electron chi connectivity index (χ4n) is 2.11. The predicted octanol–water partition coefficient (Wildman–Crippen LogP) is 2.91. The first-order chi connectivity index (χ1) is 9.20. The zero-order valence-corrected chi connectivity index (χ0v) is 10.5. The van der Waals surface area contributed by atoms with E-state index in [2.05, 4.69) is 4.99 Å². The third-order valence-corrected chi connectivity index (χ3v) is 3.27. The minimum atomic E-state index is -0.952. The van der Waals surface area contributed by atoms with Crippen LogP contribution in [0.5, 0.6) is 0 Å². The van der Waals surface area contributed by atoms with Crippen LogP contribution >= 0.6 is 0 Å². The summed E-state index contributed by atoms with van der Waals surface area (Å²) in [6, 6.07) is 18.9. The Balaban J connectivity index is 2.05. The zero-order valence-electron chi connectivity index (χ0n) is 10.5. The van der Waals surface area contributed by atoms with Gasteiger partial charge in [0.25, 0.3) is 0 Å². The monoisotopic (exact) mass is 251 g/mol. The molecule has 2 aromatic carbocycles. The van der Waals surface area contributed by atoms with E-state index >= 15 is 0 Å². The van der Waals surface area contributed by atoms with Gasteiger partial charge in [0.1, 0.15) is 0 Å². The van der Waals surface area contributed by atoms with E-state index in [-0.39, 0.29) is 5.97 Å². The van der Waals surface area contributed by atoms with Crippen molar-refractivity contribution in [1.29, 1.82) is 0 Å². The highest BCUT2D eigenvalue weighted by Gasteiger charge is 2.43. The van der Waals surface area contributed by atoms with Gasteiger partial charge in [-0.05, 0) is 24.6 Å². The second kappa shape index (κ2) is 4.35. The number of carbonyl (C=O) groups is 1. The van der Waals surface area contributed by atoms with Crippen molar-refractivity contribution in [3.05, 3.63) is 71.8 Å². The first kappa shape index (κ1) is 11.7. The molecule has 0 fully saturated rings. The van der Waals surface area contributed by atoms with Crippen LogP contribution < -0.4 is 0 Å². The maximum atomic E-state index is 12.1. The Labute approximate surface area is 111 Å². The average Bonchev–Trinajstić information content (AvgIpc) is 2.78. The van der Waals surface area contributed by atoms with Crippen molar-refractivity contribution < 1.29 is 9.53 Å². The molecule has 3 nitrogen and oxygen atoms in total. The molecular formula is C16H13NO2. The van der Waals surface area contributed by atoms with E-state index in [4.69, 9.17) is 4.74 Å². The quantitative estimate of drug-likeness (QED) is 0.770. The highest BCUT2D eigenvalue weighted by molar-refractivity contribution is 6.08. The zero-order chi connectivity index (χ0) is 13.3. The van der Waals surface area contributed by atoms with E-state index < -0.39 is 5.54 Å². The van der Waals surface area contributed by atoms with Gasteiger partial charge in [-0.2, -0.15) is 0 Å². The molecule has 1 aliphatic heterocycles. The fourth-order valence-corrected chi connectivity index (χ4v) is 2.11. The molecule has 0 N–H and O–H groups in total. The van der Waals surface area contributed by atoms with Gasteiger partial charge < -0.3 is 4.74 Å². The van der Waals surface area contributed by atoms with E-state index in [0.29, 0.717) is 5.90 Å². The van der Waals surface area contributed by atoms with E-state index in [0.717, 1.165) is 11.1 Å². The molecule has 0 spiro atoms. The maximum Gasteiger partial charge on any atom is 0.345 e. The molecule has 0 aliphatic carbocycles. The van der Waals surface area contributed by atoms with Gasteiger partial charge in [0.2, 0.25) is 5.90 Å². The highest BCUT2D eigenvalue weighted by Crippen LogP contribution is 2.32. The van der Waals surface area contributed by atoms with Crippen molar-refractivity contribution in [2.75, 3.05) is 0 Å². The molecule has 19 heavy (non-hydrogen) atoms. The smallest absolute Gasteiger partial charge is 0.345 e. The molecule has 0 aromatic heterocycles. The minimum Gasteiger partial charge on any atom is -0.405 e. The number of esters is 1. The van der Waals surface area contributed by atoms with Gasteiger partial charge in [0, 0.05) is 5.56 Å². The minimum absolute atomic E-state index is 0.336. The molecule has 0 bridgehead atoms. The highest BCUT2D eigenvalue weighted by atomic mass is 16.6. The van der Waals surface area contributed by atoms with Crippen molar-refractivity contribution in [2.24, 2.45) is 4.99 Å². The number of rotatable bonds is 2. The number of ether oxygens (including phenoxy) is 1. The molecule has 94 valence electrons. The summed E-state index contributed by atoms with van der Waals surface area (Å²) in [7, 11) is 0. The van der Waals surface area contributed by atoms with Crippen molar-refractivity contribution in [3.63, 3.8) is 0 Å². The van der Waals surface area contributed by atoms with Crippen LogP contribution in [0.25, 0.3) is 0 Å². The van der Waals surface area contributed by atoms with Gasteiger partial charge in [-0.25, -0.2) is 9.79 Å².